The second-order valence-corrected chi connectivity index (χ2v) is 10.5. The summed E-state index contributed by atoms with van der Waals surface area (Å²) in [5.74, 6) is 0.283. The third kappa shape index (κ3) is 6.93. The monoisotopic (exact) mass is 600 g/mol. The predicted molar refractivity (Wildman–Crippen MR) is 162 cm³/mol. The molecule has 3 N–H and O–H groups in total. The highest BCUT2D eigenvalue weighted by Gasteiger charge is 2.28. The lowest BCUT2D eigenvalue weighted by Gasteiger charge is -2.11. The molecule has 0 aliphatic rings. The summed E-state index contributed by atoms with van der Waals surface area (Å²) in [4.78, 5) is 31.9. The fraction of sp³-hybridized carbons (Fsp3) is 0.393. The molecule has 13 heteroatoms. The highest BCUT2D eigenvalue weighted by Crippen LogP contribution is 2.45. The van der Waals surface area contributed by atoms with Crippen LogP contribution in [0.3, 0.4) is 0 Å². The van der Waals surface area contributed by atoms with E-state index in [1.807, 2.05) is 6.07 Å². The highest BCUT2D eigenvalue weighted by molar-refractivity contribution is 7.98. The number of ether oxygens (including phenoxy) is 2. The normalized spacial score (nSPS) is 12.0. The first-order valence-electron chi connectivity index (χ1n) is 12.6. The van der Waals surface area contributed by atoms with Gasteiger partial charge in [0.05, 0.1) is 44.3 Å². The minimum absolute atomic E-state index is 0.208. The van der Waals surface area contributed by atoms with Crippen molar-refractivity contribution < 1.29 is 24.2 Å². The summed E-state index contributed by atoms with van der Waals surface area (Å²) >= 11 is 8.32. The van der Waals surface area contributed by atoms with Crippen molar-refractivity contribution in [1.82, 2.24) is 14.3 Å². The Balaban J connectivity index is 2.15. The number of aliphatic hydroxyl groups excluding tert-OH is 1. The second-order valence-electron chi connectivity index (χ2n) is 9.11. The van der Waals surface area contributed by atoms with Crippen LogP contribution in [0.15, 0.2) is 28.9 Å². The Labute approximate surface area is 247 Å². The Morgan fingerprint density at radius 3 is 2.66 bits per heavy atom. The van der Waals surface area contributed by atoms with Crippen molar-refractivity contribution in [1.29, 1.82) is 0 Å². The van der Waals surface area contributed by atoms with Crippen LogP contribution >= 0.6 is 23.4 Å². The fourth-order valence-electron chi connectivity index (χ4n) is 4.67. The highest BCUT2D eigenvalue weighted by atomic mass is 35.5. The standard InChI is InChI=1S/C28H33ClN6O5S/c1-16(37)40-11-7-8-19-20-9-10-21(29)23(25(20)34(4)26(19)28(38)39-6)24-22(33-35(5)27(24)32-3)15-41-14-17(30)12-18(13-36)31-2/h9-10,12,36H,7-8,11,13-15,30H2,1-2,4-6H3/b17-12-,31-18?. The SMILES string of the molecule is [C-]#[N+]c1c(-c2c(Cl)ccc3c(CCCOC(C)=O)c(C(=O)OC)n(C)c23)c(CSC/C(N)=C/C(CO)=NC)nn1C. The fourth-order valence-corrected chi connectivity index (χ4v) is 5.73. The molecule has 1 aromatic carbocycles. The number of methoxy groups -OCH3 is 1. The van der Waals surface area contributed by atoms with E-state index in [1.165, 1.54) is 30.5 Å². The summed E-state index contributed by atoms with van der Waals surface area (Å²) in [5, 5.41) is 15.2. The zero-order chi connectivity index (χ0) is 30.3. The first-order valence-corrected chi connectivity index (χ1v) is 14.2. The summed E-state index contributed by atoms with van der Waals surface area (Å²) in [6, 6.07) is 3.59. The van der Waals surface area contributed by atoms with E-state index in [-0.39, 0.29) is 19.2 Å². The number of aromatic nitrogens is 3. The van der Waals surface area contributed by atoms with E-state index in [2.05, 4.69) is 14.9 Å². The van der Waals surface area contributed by atoms with Crippen LogP contribution < -0.4 is 5.73 Å². The van der Waals surface area contributed by atoms with Gasteiger partial charge in [-0.05, 0) is 30.5 Å². The van der Waals surface area contributed by atoms with Crippen LogP contribution in [-0.4, -0.2) is 70.2 Å². The molecule has 11 nitrogen and oxygen atoms in total. The number of carbonyl (C=O) groups excluding carboxylic acids is 2. The van der Waals surface area contributed by atoms with E-state index < -0.39 is 5.97 Å². The topological polar surface area (TPSA) is 138 Å². The molecule has 218 valence electrons. The molecule has 3 aromatic rings. The summed E-state index contributed by atoms with van der Waals surface area (Å²) in [5.41, 5.74) is 10.7. The van der Waals surface area contributed by atoms with Crippen molar-refractivity contribution in [2.45, 2.75) is 25.5 Å². The van der Waals surface area contributed by atoms with Gasteiger partial charge in [0, 0.05) is 59.8 Å². The summed E-state index contributed by atoms with van der Waals surface area (Å²) in [6.45, 7) is 9.25. The zero-order valence-corrected chi connectivity index (χ0v) is 25.2. The number of carbonyl (C=O) groups is 2. The van der Waals surface area contributed by atoms with Gasteiger partial charge < -0.3 is 29.7 Å². The van der Waals surface area contributed by atoms with Gasteiger partial charge in [-0.2, -0.15) is 0 Å². The average Bonchev–Trinajstić information content (AvgIpc) is 3.41. The Bertz CT molecular complexity index is 1570. The first-order chi connectivity index (χ1) is 19.6. The van der Waals surface area contributed by atoms with E-state index in [1.54, 1.807) is 37.9 Å². The molecule has 0 saturated carbocycles. The largest absolute Gasteiger partial charge is 0.466 e. The van der Waals surface area contributed by atoms with Gasteiger partial charge in [0.25, 0.3) is 5.82 Å². The Hall–Kier alpha value is -3.79. The molecular weight excluding hydrogens is 568 g/mol. The average molecular weight is 601 g/mol. The van der Waals surface area contributed by atoms with Crippen molar-refractivity contribution >= 4 is 57.7 Å². The number of esters is 2. The lowest BCUT2D eigenvalue weighted by atomic mass is 9.99. The molecule has 2 heterocycles. The maximum Gasteiger partial charge on any atom is 0.354 e. The zero-order valence-electron chi connectivity index (χ0n) is 23.7. The smallest absolute Gasteiger partial charge is 0.354 e. The van der Waals surface area contributed by atoms with Crippen LogP contribution in [0.2, 0.25) is 5.02 Å². The number of benzene rings is 1. The molecule has 0 amide bonds. The van der Waals surface area contributed by atoms with Crippen LogP contribution in [0.4, 0.5) is 5.82 Å². The predicted octanol–water partition coefficient (Wildman–Crippen LogP) is 4.20. The van der Waals surface area contributed by atoms with E-state index in [4.69, 9.17) is 33.4 Å². The van der Waals surface area contributed by atoms with Crippen molar-refractivity contribution in [3.8, 4) is 11.1 Å². The maximum absolute atomic E-state index is 12.9. The number of nitrogens with two attached hydrogens (primary N) is 1. The Morgan fingerprint density at radius 2 is 2.05 bits per heavy atom. The number of rotatable bonds is 12. The number of aliphatic hydroxyl groups is 1. The minimum Gasteiger partial charge on any atom is -0.466 e. The van der Waals surface area contributed by atoms with Gasteiger partial charge in [-0.1, -0.05) is 24.2 Å². The number of hydrogen-bond donors (Lipinski definition) is 2. The molecular formula is C28H33ClN6O5S. The van der Waals surface area contributed by atoms with Gasteiger partial charge in [0.15, 0.2) is 0 Å². The van der Waals surface area contributed by atoms with Crippen molar-refractivity contribution in [3.05, 3.63) is 57.3 Å². The van der Waals surface area contributed by atoms with Gasteiger partial charge in [-0.3, -0.25) is 9.79 Å². The number of nitrogens with zero attached hydrogens (tertiary/aromatic N) is 5. The van der Waals surface area contributed by atoms with Crippen LogP contribution in [0.1, 0.15) is 35.1 Å². The molecule has 0 saturated heterocycles. The van der Waals surface area contributed by atoms with Gasteiger partial charge in [-0.25, -0.2) is 9.48 Å². The van der Waals surface area contributed by atoms with Crippen molar-refractivity contribution in [2.24, 2.45) is 24.8 Å². The lowest BCUT2D eigenvalue weighted by Crippen LogP contribution is -2.11. The number of hydrogen-bond acceptors (Lipinski definition) is 9. The number of aliphatic imine (C=N–C) groups is 1. The van der Waals surface area contributed by atoms with Crippen LogP contribution in [0.5, 0.6) is 0 Å². The lowest BCUT2D eigenvalue weighted by molar-refractivity contribution is -0.141. The number of thioether (sulfide) groups is 1. The first kappa shape index (κ1) is 31.7. The molecule has 0 aliphatic carbocycles. The number of fused-ring (bicyclic) bond motifs is 1. The van der Waals surface area contributed by atoms with Crippen LogP contribution in [0.25, 0.3) is 26.9 Å². The van der Waals surface area contributed by atoms with E-state index in [0.29, 0.717) is 74.6 Å². The summed E-state index contributed by atoms with van der Waals surface area (Å²) in [7, 11) is 6.36. The molecule has 0 bridgehead atoms. The number of aryl methyl sites for hydroxylation is 3. The van der Waals surface area contributed by atoms with E-state index >= 15 is 0 Å². The summed E-state index contributed by atoms with van der Waals surface area (Å²) in [6.07, 6.45) is 2.58. The van der Waals surface area contributed by atoms with Crippen LogP contribution in [-0.2, 0) is 40.5 Å². The molecule has 0 fully saturated rings. The van der Waals surface area contributed by atoms with E-state index in [9.17, 15) is 14.7 Å². The molecule has 2 aromatic heterocycles. The minimum atomic E-state index is -0.513. The number of halogens is 1. The van der Waals surface area contributed by atoms with Gasteiger partial charge in [0.2, 0.25) is 0 Å². The second kappa shape index (κ2) is 14.2. The molecule has 0 atom stereocenters. The van der Waals surface area contributed by atoms with E-state index in [0.717, 1.165) is 10.9 Å². The molecule has 0 aliphatic heterocycles. The van der Waals surface area contributed by atoms with Crippen molar-refractivity contribution in [2.75, 3.05) is 33.1 Å². The van der Waals surface area contributed by atoms with Gasteiger partial charge in [-0.15, -0.1) is 16.9 Å². The third-order valence-corrected chi connectivity index (χ3v) is 7.75. The van der Waals surface area contributed by atoms with Crippen LogP contribution in [0, 0.1) is 6.57 Å². The van der Waals surface area contributed by atoms with Crippen molar-refractivity contribution in [3.63, 3.8) is 0 Å². The van der Waals surface area contributed by atoms with Gasteiger partial charge in [0.1, 0.15) is 5.69 Å². The maximum atomic E-state index is 12.9. The Morgan fingerprint density at radius 1 is 1.32 bits per heavy atom. The third-order valence-electron chi connectivity index (χ3n) is 6.42. The summed E-state index contributed by atoms with van der Waals surface area (Å²) < 4.78 is 13.5. The molecule has 3 rings (SSSR count). The molecule has 41 heavy (non-hydrogen) atoms. The molecule has 0 radical (unpaired) electrons. The molecule has 0 spiro atoms. The van der Waals surface area contributed by atoms with Gasteiger partial charge >= 0.3 is 11.9 Å². The Kier molecular flexibility index (Phi) is 11.0. The quantitative estimate of drug-likeness (QED) is 0.136. The molecule has 0 unspecified atom stereocenters.